The van der Waals surface area contributed by atoms with Crippen molar-refractivity contribution in [2.24, 2.45) is 5.73 Å². The first-order valence-electron chi connectivity index (χ1n) is 5.76. The summed E-state index contributed by atoms with van der Waals surface area (Å²) in [5, 5.41) is 5.55. The number of aryl methyl sites for hydroxylation is 1. The molecule has 4 nitrogen and oxygen atoms in total. The van der Waals surface area contributed by atoms with Crippen LogP contribution in [0.25, 0.3) is 10.2 Å². The number of hydrogen-bond donors (Lipinski definition) is 2. The number of aromatic nitrogens is 2. The van der Waals surface area contributed by atoms with Crippen LogP contribution in [0.4, 0.5) is 5.82 Å². The van der Waals surface area contributed by atoms with Crippen LogP contribution in [0.3, 0.4) is 0 Å². The van der Waals surface area contributed by atoms with Crippen LogP contribution in [-0.2, 0) is 0 Å². The molecule has 0 radical (unpaired) electrons. The molecule has 0 fully saturated rings. The van der Waals surface area contributed by atoms with Crippen molar-refractivity contribution in [2.75, 3.05) is 11.9 Å². The summed E-state index contributed by atoms with van der Waals surface area (Å²) in [5.41, 5.74) is 7.93. The Bertz CT molecular complexity index is 516. The monoisotopic (exact) mass is 250 g/mol. The van der Waals surface area contributed by atoms with E-state index in [1.54, 1.807) is 17.7 Å². The van der Waals surface area contributed by atoms with Gasteiger partial charge in [-0.15, -0.1) is 11.3 Å². The lowest BCUT2D eigenvalue weighted by molar-refractivity contribution is 0.505. The molecule has 92 valence electrons. The largest absolute Gasteiger partial charge is 0.362 e. The van der Waals surface area contributed by atoms with Crippen LogP contribution in [0.2, 0.25) is 0 Å². The highest BCUT2D eigenvalue weighted by molar-refractivity contribution is 7.18. The van der Waals surface area contributed by atoms with Gasteiger partial charge < -0.3 is 11.1 Å². The molecule has 17 heavy (non-hydrogen) atoms. The van der Waals surface area contributed by atoms with Gasteiger partial charge in [-0.1, -0.05) is 6.92 Å². The molecular weight excluding hydrogens is 232 g/mol. The standard InChI is InChI=1S/C12H18N4S/c1-4-12(3,6-13)16-11-10-9(14-7-15-11)8(2)5-17-10/h5,7H,4,6,13H2,1-3H3,(H,14,15,16). The third-order valence-corrected chi connectivity index (χ3v) is 4.28. The predicted molar refractivity (Wildman–Crippen MR) is 73.5 cm³/mol. The molecule has 2 heterocycles. The molecule has 0 aliphatic rings. The number of nitrogens with two attached hydrogens (primary N) is 1. The van der Waals surface area contributed by atoms with Crippen LogP contribution in [-0.4, -0.2) is 22.1 Å². The van der Waals surface area contributed by atoms with E-state index in [2.05, 4.69) is 41.4 Å². The Hall–Kier alpha value is -1.20. The lowest BCUT2D eigenvalue weighted by Crippen LogP contribution is -2.42. The topological polar surface area (TPSA) is 63.8 Å². The lowest BCUT2D eigenvalue weighted by atomic mass is 9.99. The first-order valence-corrected chi connectivity index (χ1v) is 6.64. The summed E-state index contributed by atoms with van der Waals surface area (Å²) < 4.78 is 1.11. The number of thiophene rings is 1. The summed E-state index contributed by atoms with van der Waals surface area (Å²) in [6, 6.07) is 0. The highest BCUT2D eigenvalue weighted by Crippen LogP contribution is 2.30. The van der Waals surface area contributed by atoms with Crippen LogP contribution in [0, 0.1) is 6.92 Å². The molecule has 0 aromatic carbocycles. The van der Waals surface area contributed by atoms with Gasteiger partial charge in [-0.25, -0.2) is 9.97 Å². The molecule has 2 rings (SSSR count). The SMILES string of the molecule is CCC(C)(CN)Nc1ncnc2c(C)csc12. The van der Waals surface area contributed by atoms with Gasteiger partial charge in [-0.2, -0.15) is 0 Å². The van der Waals surface area contributed by atoms with E-state index >= 15 is 0 Å². The molecule has 3 N–H and O–H groups in total. The average molecular weight is 250 g/mol. The van der Waals surface area contributed by atoms with Gasteiger partial charge in [0.05, 0.1) is 10.2 Å². The van der Waals surface area contributed by atoms with Crippen molar-refractivity contribution < 1.29 is 0 Å². The molecule has 5 heteroatoms. The second-order valence-corrected chi connectivity index (χ2v) is 5.44. The van der Waals surface area contributed by atoms with Gasteiger partial charge in [-0.05, 0) is 31.2 Å². The second kappa shape index (κ2) is 4.58. The molecular formula is C12H18N4S. The number of fused-ring (bicyclic) bond motifs is 1. The molecule has 0 amide bonds. The molecule has 0 saturated heterocycles. The third-order valence-electron chi connectivity index (χ3n) is 3.18. The van der Waals surface area contributed by atoms with Gasteiger partial charge in [0, 0.05) is 12.1 Å². The molecule has 1 unspecified atom stereocenters. The maximum Gasteiger partial charge on any atom is 0.147 e. The molecule has 0 saturated carbocycles. The Morgan fingerprint density at radius 2 is 2.24 bits per heavy atom. The Kier molecular flexibility index (Phi) is 3.31. The van der Waals surface area contributed by atoms with E-state index in [9.17, 15) is 0 Å². The van der Waals surface area contributed by atoms with E-state index in [0.717, 1.165) is 22.5 Å². The van der Waals surface area contributed by atoms with Crippen molar-refractivity contribution in [1.29, 1.82) is 0 Å². The highest BCUT2D eigenvalue weighted by Gasteiger charge is 2.21. The summed E-state index contributed by atoms with van der Waals surface area (Å²) in [6.45, 7) is 6.89. The summed E-state index contributed by atoms with van der Waals surface area (Å²) in [5.74, 6) is 0.892. The normalized spacial score (nSPS) is 14.8. The van der Waals surface area contributed by atoms with Gasteiger partial charge in [-0.3, -0.25) is 0 Å². The average Bonchev–Trinajstić information content (AvgIpc) is 2.72. The van der Waals surface area contributed by atoms with Crippen LogP contribution in [0.5, 0.6) is 0 Å². The minimum absolute atomic E-state index is 0.112. The molecule has 0 bridgehead atoms. The first-order chi connectivity index (χ1) is 8.09. The number of nitrogens with zero attached hydrogens (tertiary/aromatic N) is 2. The third kappa shape index (κ3) is 2.25. The summed E-state index contributed by atoms with van der Waals surface area (Å²) in [6.07, 6.45) is 2.57. The predicted octanol–water partition coefficient (Wildman–Crippen LogP) is 2.54. The van der Waals surface area contributed by atoms with E-state index in [4.69, 9.17) is 5.73 Å². The summed E-state index contributed by atoms with van der Waals surface area (Å²) in [4.78, 5) is 8.64. The van der Waals surface area contributed by atoms with Gasteiger partial charge in [0.1, 0.15) is 12.1 Å². The number of rotatable bonds is 4. The molecule has 2 aromatic heterocycles. The maximum absolute atomic E-state index is 5.81. The minimum Gasteiger partial charge on any atom is -0.362 e. The molecule has 2 aromatic rings. The summed E-state index contributed by atoms with van der Waals surface area (Å²) in [7, 11) is 0. The molecule has 0 aliphatic heterocycles. The van der Waals surface area contributed by atoms with Crippen LogP contribution in [0.1, 0.15) is 25.8 Å². The van der Waals surface area contributed by atoms with Crippen molar-refractivity contribution in [3.8, 4) is 0 Å². The van der Waals surface area contributed by atoms with Crippen molar-refractivity contribution in [3.05, 3.63) is 17.3 Å². The fraction of sp³-hybridized carbons (Fsp3) is 0.500. The van der Waals surface area contributed by atoms with Crippen molar-refractivity contribution in [1.82, 2.24) is 9.97 Å². The molecule has 0 aliphatic carbocycles. The number of hydrogen-bond acceptors (Lipinski definition) is 5. The van der Waals surface area contributed by atoms with Crippen molar-refractivity contribution in [3.63, 3.8) is 0 Å². The van der Waals surface area contributed by atoms with E-state index < -0.39 is 0 Å². The Morgan fingerprint density at radius 1 is 1.47 bits per heavy atom. The van der Waals surface area contributed by atoms with Crippen molar-refractivity contribution >= 4 is 27.4 Å². The zero-order valence-electron chi connectivity index (χ0n) is 10.4. The number of nitrogens with one attached hydrogen (secondary N) is 1. The Morgan fingerprint density at radius 3 is 2.88 bits per heavy atom. The second-order valence-electron chi connectivity index (χ2n) is 4.56. The fourth-order valence-corrected chi connectivity index (χ4v) is 2.57. The van der Waals surface area contributed by atoms with Crippen LogP contribution < -0.4 is 11.1 Å². The van der Waals surface area contributed by atoms with Crippen molar-refractivity contribution in [2.45, 2.75) is 32.7 Å². The smallest absolute Gasteiger partial charge is 0.147 e. The van der Waals surface area contributed by atoms with E-state index in [1.807, 2.05) is 0 Å². The Labute approximate surface area is 105 Å². The van der Waals surface area contributed by atoms with Crippen LogP contribution >= 0.6 is 11.3 Å². The lowest BCUT2D eigenvalue weighted by Gasteiger charge is -2.28. The maximum atomic E-state index is 5.81. The zero-order chi connectivity index (χ0) is 12.5. The minimum atomic E-state index is -0.112. The van der Waals surface area contributed by atoms with Gasteiger partial charge in [0.2, 0.25) is 0 Å². The van der Waals surface area contributed by atoms with E-state index in [0.29, 0.717) is 6.54 Å². The number of anilines is 1. The van der Waals surface area contributed by atoms with E-state index in [-0.39, 0.29) is 5.54 Å². The highest BCUT2D eigenvalue weighted by atomic mass is 32.1. The first kappa shape index (κ1) is 12.3. The van der Waals surface area contributed by atoms with E-state index in [1.165, 1.54) is 5.56 Å². The molecule has 1 atom stereocenters. The Balaban J connectivity index is 2.42. The molecule has 0 spiro atoms. The van der Waals surface area contributed by atoms with Gasteiger partial charge >= 0.3 is 0 Å². The van der Waals surface area contributed by atoms with Gasteiger partial charge in [0.15, 0.2) is 0 Å². The summed E-state index contributed by atoms with van der Waals surface area (Å²) >= 11 is 1.67. The zero-order valence-corrected chi connectivity index (χ0v) is 11.3. The van der Waals surface area contributed by atoms with Gasteiger partial charge in [0.25, 0.3) is 0 Å². The van der Waals surface area contributed by atoms with Crippen LogP contribution in [0.15, 0.2) is 11.7 Å². The fourth-order valence-electron chi connectivity index (χ4n) is 1.63. The quantitative estimate of drug-likeness (QED) is 0.875.